The number of aromatic nitrogens is 2. The van der Waals surface area contributed by atoms with E-state index in [1.165, 1.54) is 0 Å². The summed E-state index contributed by atoms with van der Waals surface area (Å²) in [6.07, 6.45) is 1.45. The molecule has 5 heteroatoms. The largest absolute Gasteiger partial charge is 0.481 e. The molecule has 1 aliphatic heterocycles. The third kappa shape index (κ3) is 1.45. The van der Waals surface area contributed by atoms with Crippen LogP contribution in [0.3, 0.4) is 0 Å². The molecule has 0 saturated carbocycles. The Morgan fingerprint density at radius 2 is 2.43 bits per heavy atom. The van der Waals surface area contributed by atoms with Crippen LogP contribution in [0.1, 0.15) is 17.9 Å². The van der Waals surface area contributed by atoms with Crippen molar-refractivity contribution in [3.05, 3.63) is 16.1 Å². The predicted octanol–water partition coefficient (Wildman–Crippen LogP) is 1.60. The van der Waals surface area contributed by atoms with Gasteiger partial charge >= 0.3 is 5.97 Å². The molecule has 1 aromatic heterocycles. The van der Waals surface area contributed by atoms with Gasteiger partial charge in [-0.1, -0.05) is 0 Å². The zero-order valence-electron chi connectivity index (χ0n) is 7.83. The Morgan fingerprint density at radius 1 is 1.71 bits per heavy atom. The fourth-order valence-corrected chi connectivity index (χ4v) is 2.24. The van der Waals surface area contributed by atoms with E-state index in [0.717, 1.165) is 22.5 Å². The minimum absolute atomic E-state index is 0.271. The molecule has 2 rings (SSSR count). The fraction of sp³-hybridized carbons (Fsp3) is 0.556. The zero-order chi connectivity index (χ0) is 10.3. The lowest BCUT2D eigenvalue weighted by Crippen LogP contribution is -2.26. The molecule has 1 atom stereocenters. The molecule has 1 aliphatic rings. The Kier molecular flexibility index (Phi) is 2.34. The van der Waals surface area contributed by atoms with Crippen LogP contribution in [0.15, 0.2) is 4.60 Å². The van der Waals surface area contributed by atoms with Crippen LogP contribution in [0.5, 0.6) is 0 Å². The maximum atomic E-state index is 10.8. The van der Waals surface area contributed by atoms with E-state index < -0.39 is 5.97 Å². The number of rotatable bonds is 1. The molecule has 0 radical (unpaired) electrons. The number of halogens is 1. The van der Waals surface area contributed by atoms with Crippen LogP contribution in [-0.2, 0) is 17.8 Å². The Morgan fingerprint density at radius 3 is 3.07 bits per heavy atom. The van der Waals surface area contributed by atoms with Crippen LogP contribution in [0.2, 0.25) is 0 Å². The van der Waals surface area contributed by atoms with Gasteiger partial charge in [-0.05, 0) is 29.3 Å². The average Bonchev–Trinajstić information content (AvgIpc) is 2.43. The highest BCUT2D eigenvalue weighted by atomic mass is 79.9. The quantitative estimate of drug-likeness (QED) is 0.833. The van der Waals surface area contributed by atoms with Crippen molar-refractivity contribution in [1.29, 1.82) is 0 Å². The van der Waals surface area contributed by atoms with E-state index in [-0.39, 0.29) is 5.92 Å². The summed E-state index contributed by atoms with van der Waals surface area (Å²) in [4.78, 5) is 15.2. The van der Waals surface area contributed by atoms with Crippen molar-refractivity contribution in [2.24, 2.45) is 5.92 Å². The first-order valence-corrected chi connectivity index (χ1v) is 5.33. The second-order valence-corrected chi connectivity index (χ2v) is 4.34. The molecule has 4 nitrogen and oxygen atoms in total. The number of aliphatic carboxylic acids is 1. The van der Waals surface area contributed by atoms with E-state index in [2.05, 4.69) is 20.9 Å². The average molecular weight is 259 g/mol. The Labute approximate surface area is 90.1 Å². The number of carboxylic acids is 1. The second-order valence-electron chi connectivity index (χ2n) is 3.59. The molecule has 1 unspecified atom stereocenters. The van der Waals surface area contributed by atoms with Crippen LogP contribution < -0.4 is 0 Å². The lowest BCUT2D eigenvalue weighted by atomic mass is 10.00. The summed E-state index contributed by atoms with van der Waals surface area (Å²) >= 11 is 3.42. The minimum atomic E-state index is -0.714. The minimum Gasteiger partial charge on any atom is -0.481 e. The summed E-state index contributed by atoms with van der Waals surface area (Å²) in [7, 11) is 0. The first kappa shape index (κ1) is 9.71. The third-order valence-electron chi connectivity index (χ3n) is 2.61. The van der Waals surface area contributed by atoms with Gasteiger partial charge in [0.05, 0.1) is 11.6 Å². The predicted molar refractivity (Wildman–Crippen MR) is 54.1 cm³/mol. The van der Waals surface area contributed by atoms with Crippen LogP contribution in [0.4, 0.5) is 0 Å². The standard InChI is InChI=1S/C9H11BrN2O2/c1-5-8(10)12-4-6(9(13)14)2-3-7(12)11-5/h6H,2-4H2,1H3,(H,13,14). The Bertz CT molecular complexity index is 386. The van der Waals surface area contributed by atoms with Crippen molar-refractivity contribution in [2.75, 3.05) is 0 Å². The lowest BCUT2D eigenvalue weighted by Gasteiger charge is -2.20. The molecule has 1 N–H and O–H groups in total. The van der Waals surface area contributed by atoms with E-state index in [1.807, 2.05) is 11.5 Å². The molecule has 14 heavy (non-hydrogen) atoms. The highest BCUT2D eigenvalue weighted by molar-refractivity contribution is 9.10. The summed E-state index contributed by atoms with van der Waals surface area (Å²) in [6, 6.07) is 0. The van der Waals surface area contributed by atoms with E-state index in [4.69, 9.17) is 5.11 Å². The van der Waals surface area contributed by atoms with Crippen LogP contribution in [0.25, 0.3) is 0 Å². The van der Waals surface area contributed by atoms with Crippen molar-refractivity contribution >= 4 is 21.9 Å². The molecule has 1 aromatic rings. The second kappa shape index (κ2) is 3.38. The van der Waals surface area contributed by atoms with Gasteiger partial charge in [0, 0.05) is 13.0 Å². The van der Waals surface area contributed by atoms with Crippen LogP contribution in [0, 0.1) is 12.8 Å². The summed E-state index contributed by atoms with van der Waals surface area (Å²) in [5.74, 6) is 0.00757. The molecular formula is C9H11BrN2O2. The summed E-state index contributed by atoms with van der Waals surface area (Å²) in [6.45, 7) is 2.46. The normalized spacial score (nSPS) is 20.6. The van der Waals surface area contributed by atoms with Gasteiger partial charge in [0.2, 0.25) is 0 Å². The van der Waals surface area contributed by atoms with Crippen molar-refractivity contribution in [2.45, 2.75) is 26.3 Å². The monoisotopic (exact) mass is 258 g/mol. The molecule has 0 aliphatic carbocycles. The molecule has 0 spiro atoms. The van der Waals surface area contributed by atoms with Crippen LogP contribution >= 0.6 is 15.9 Å². The van der Waals surface area contributed by atoms with Crippen molar-refractivity contribution in [1.82, 2.24) is 9.55 Å². The number of imidazole rings is 1. The van der Waals surface area contributed by atoms with Gasteiger partial charge < -0.3 is 9.67 Å². The summed E-state index contributed by atoms with van der Waals surface area (Å²) in [5.41, 5.74) is 0.936. The number of hydrogen-bond donors (Lipinski definition) is 1. The van der Waals surface area contributed by atoms with Gasteiger partial charge in [0.25, 0.3) is 0 Å². The number of carbonyl (C=O) groups is 1. The smallest absolute Gasteiger partial charge is 0.308 e. The highest BCUT2D eigenvalue weighted by Crippen LogP contribution is 2.26. The number of fused-ring (bicyclic) bond motifs is 1. The lowest BCUT2D eigenvalue weighted by molar-refractivity contribution is -0.142. The van der Waals surface area contributed by atoms with Crippen molar-refractivity contribution in [3.8, 4) is 0 Å². The SMILES string of the molecule is Cc1nc2n(c1Br)CC(C(=O)O)CC2. The fourth-order valence-electron chi connectivity index (χ4n) is 1.80. The van der Waals surface area contributed by atoms with E-state index >= 15 is 0 Å². The number of nitrogens with zero attached hydrogens (tertiary/aromatic N) is 2. The molecule has 0 fully saturated rings. The Hall–Kier alpha value is -0.840. The van der Waals surface area contributed by atoms with E-state index in [9.17, 15) is 4.79 Å². The first-order chi connectivity index (χ1) is 6.59. The molecule has 0 bridgehead atoms. The van der Waals surface area contributed by atoms with Gasteiger partial charge in [-0.3, -0.25) is 4.79 Å². The first-order valence-electron chi connectivity index (χ1n) is 4.54. The molecule has 76 valence electrons. The number of aryl methyl sites for hydroxylation is 2. The van der Waals surface area contributed by atoms with Gasteiger partial charge in [-0.25, -0.2) is 4.98 Å². The highest BCUT2D eigenvalue weighted by Gasteiger charge is 2.26. The third-order valence-corrected chi connectivity index (χ3v) is 3.61. The van der Waals surface area contributed by atoms with Crippen LogP contribution in [-0.4, -0.2) is 20.6 Å². The van der Waals surface area contributed by atoms with Gasteiger partial charge in [0.15, 0.2) is 0 Å². The maximum absolute atomic E-state index is 10.8. The van der Waals surface area contributed by atoms with Crippen molar-refractivity contribution < 1.29 is 9.90 Å². The molecule has 0 aromatic carbocycles. The van der Waals surface area contributed by atoms with E-state index in [0.29, 0.717) is 13.0 Å². The topological polar surface area (TPSA) is 55.1 Å². The van der Waals surface area contributed by atoms with E-state index in [1.54, 1.807) is 0 Å². The molecule has 0 saturated heterocycles. The Balaban J connectivity index is 2.33. The summed E-state index contributed by atoms with van der Waals surface area (Å²) in [5, 5.41) is 8.91. The van der Waals surface area contributed by atoms with Gasteiger partial charge in [-0.2, -0.15) is 0 Å². The van der Waals surface area contributed by atoms with Crippen molar-refractivity contribution in [3.63, 3.8) is 0 Å². The molecule has 2 heterocycles. The van der Waals surface area contributed by atoms with Gasteiger partial charge in [0.1, 0.15) is 10.4 Å². The molecule has 0 amide bonds. The molecular weight excluding hydrogens is 248 g/mol. The maximum Gasteiger partial charge on any atom is 0.308 e. The van der Waals surface area contributed by atoms with Gasteiger partial charge in [-0.15, -0.1) is 0 Å². The number of carboxylic acid groups (broad SMARTS) is 1. The zero-order valence-corrected chi connectivity index (χ0v) is 9.41. The summed E-state index contributed by atoms with van der Waals surface area (Å²) < 4.78 is 2.87. The number of hydrogen-bond acceptors (Lipinski definition) is 2.